The van der Waals surface area contributed by atoms with Crippen LogP contribution in [0.15, 0.2) is 56.5 Å². The van der Waals surface area contributed by atoms with E-state index in [0.717, 1.165) is 23.1 Å². The number of amides is 2. The Labute approximate surface area is 165 Å². The number of para-hydroxylation sites is 1. The molecule has 2 amide bonds. The molecule has 1 aliphatic rings. The number of sulfonamides is 1. The van der Waals surface area contributed by atoms with Crippen molar-refractivity contribution < 1.29 is 18.0 Å². The van der Waals surface area contributed by atoms with Gasteiger partial charge in [0.15, 0.2) is 5.17 Å². The highest BCUT2D eigenvalue weighted by molar-refractivity contribution is 8.16. The fraction of sp³-hybridized carbons (Fsp3) is 0.235. The van der Waals surface area contributed by atoms with Gasteiger partial charge in [0.2, 0.25) is 11.8 Å². The zero-order valence-electron chi connectivity index (χ0n) is 14.4. The normalized spacial score (nSPS) is 18.9. The average molecular weight is 424 g/mol. The van der Waals surface area contributed by atoms with Crippen molar-refractivity contribution in [2.75, 3.05) is 11.9 Å². The van der Waals surface area contributed by atoms with Gasteiger partial charge >= 0.3 is 0 Å². The molecule has 3 rings (SSSR count). The van der Waals surface area contributed by atoms with Crippen molar-refractivity contribution in [1.82, 2.24) is 4.90 Å². The van der Waals surface area contributed by atoms with Gasteiger partial charge in [0.1, 0.15) is 9.46 Å². The van der Waals surface area contributed by atoms with Gasteiger partial charge in [-0.1, -0.05) is 36.0 Å². The topological polar surface area (TPSA) is 95.9 Å². The van der Waals surface area contributed by atoms with Crippen molar-refractivity contribution in [3.63, 3.8) is 0 Å². The molecule has 10 heteroatoms. The van der Waals surface area contributed by atoms with E-state index in [4.69, 9.17) is 0 Å². The standard InChI is InChI=1S/C17H17N3O4S3/c1-2-20-16(22)13(11-14(21)18-12-7-4-3-5-8-12)26-17(20)19-27(23,24)15-9-6-10-25-15/h3-10,13H,2,11H2,1H3,(H,18,21)/t13-/m1/s1. The van der Waals surface area contributed by atoms with Crippen molar-refractivity contribution in [3.8, 4) is 0 Å². The van der Waals surface area contributed by atoms with Gasteiger partial charge in [0.25, 0.3) is 10.0 Å². The third-order valence-corrected chi connectivity index (χ3v) is 7.64. The summed E-state index contributed by atoms with van der Waals surface area (Å²) in [6.45, 7) is 2.01. The van der Waals surface area contributed by atoms with E-state index in [-0.39, 0.29) is 34.2 Å². The molecule has 0 bridgehead atoms. The van der Waals surface area contributed by atoms with E-state index < -0.39 is 15.3 Å². The lowest BCUT2D eigenvalue weighted by molar-refractivity contribution is -0.128. The van der Waals surface area contributed by atoms with Crippen molar-refractivity contribution in [2.45, 2.75) is 22.8 Å². The molecule has 1 saturated heterocycles. The fourth-order valence-corrected chi connectivity index (χ4v) is 5.85. The fourth-order valence-electron chi connectivity index (χ4n) is 2.46. The zero-order chi connectivity index (χ0) is 19.4. The van der Waals surface area contributed by atoms with E-state index in [9.17, 15) is 18.0 Å². The highest BCUT2D eigenvalue weighted by Crippen LogP contribution is 2.31. The van der Waals surface area contributed by atoms with Crippen LogP contribution in [0.5, 0.6) is 0 Å². The van der Waals surface area contributed by atoms with Gasteiger partial charge in [-0.05, 0) is 30.5 Å². The van der Waals surface area contributed by atoms with E-state index in [1.165, 1.54) is 11.0 Å². The predicted molar refractivity (Wildman–Crippen MR) is 107 cm³/mol. The summed E-state index contributed by atoms with van der Waals surface area (Å²) in [5.74, 6) is -0.628. The first-order valence-corrected chi connectivity index (χ1v) is 11.3. The van der Waals surface area contributed by atoms with Crippen LogP contribution in [0.25, 0.3) is 0 Å². The first-order valence-electron chi connectivity index (χ1n) is 8.12. The van der Waals surface area contributed by atoms with Crippen LogP contribution >= 0.6 is 23.1 Å². The van der Waals surface area contributed by atoms with Gasteiger partial charge in [0, 0.05) is 18.7 Å². The van der Waals surface area contributed by atoms with E-state index in [0.29, 0.717) is 5.69 Å². The van der Waals surface area contributed by atoms with Crippen LogP contribution in [0.1, 0.15) is 13.3 Å². The van der Waals surface area contributed by atoms with Gasteiger partial charge < -0.3 is 5.32 Å². The molecule has 27 heavy (non-hydrogen) atoms. The molecule has 1 aromatic carbocycles. The Hall–Kier alpha value is -2.17. The summed E-state index contributed by atoms with van der Waals surface area (Å²) in [6.07, 6.45) is -0.0625. The average Bonchev–Trinajstić information content (AvgIpc) is 3.25. The van der Waals surface area contributed by atoms with E-state index >= 15 is 0 Å². The van der Waals surface area contributed by atoms with Crippen LogP contribution in [0.4, 0.5) is 5.69 Å². The summed E-state index contributed by atoms with van der Waals surface area (Å²) < 4.78 is 28.7. The summed E-state index contributed by atoms with van der Waals surface area (Å²) >= 11 is 2.07. The summed E-state index contributed by atoms with van der Waals surface area (Å²) in [5, 5.41) is 3.78. The number of carbonyl (C=O) groups excluding carboxylic acids is 2. The maximum atomic E-state index is 12.6. The number of hydrogen-bond acceptors (Lipinski definition) is 6. The molecular weight excluding hydrogens is 406 g/mol. The number of nitrogens with zero attached hydrogens (tertiary/aromatic N) is 2. The monoisotopic (exact) mass is 423 g/mol. The van der Waals surface area contributed by atoms with Gasteiger partial charge in [0.05, 0.1) is 0 Å². The molecule has 0 unspecified atom stereocenters. The molecule has 0 aliphatic carbocycles. The van der Waals surface area contributed by atoms with Crippen LogP contribution in [-0.4, -0.2) is 42.1 Å². The summed E-state index contributed by atoms with van der Waals surface area (Å²) in [5.41, 5.74) is 0.638. The van der Waals surface area contributed by atoms with Crippen LogP contribution in [-0.2, 0) is 19.6 Å². The van der Waals surface area contributed by atoms with Gasteiger partial charge in [-0.25, -0.2) is 0 Å². The van der Waals surface area contributed by atoms with E-state index in [1.54, 1.807) is 42.6 Å². The lowest BCUT2D eigenvalue weighted by atomic mass is 10.2. The molecule has 1 aliphatic heterocycles. The molecule has 1 N–H and O–H groups in total. The van der Waals surface area contributed by atoms with Crippen LogP contribution in [0, 0.1) is 0 Å². The number of nitrogens with one attached hydrogen (secondary N) is 1. The maximum Gasteiger partial charge on any atom is 0.294 e. The number of anilines is 1. The molecule has 2 aromatic rings. The van der Waals surface area contributed by atoms with Crippen molar-refractivity contribution >= 4 is 55.8 Å². The molecule has 1 fully saturated rings. The molecule has 0 radical (unpaired) electrons. The van der Waals surface area contributed by atoms with E-state index in [2.05, 4.69) is 9.71 Å². The van der Waals surface area contributed by atoms with Crippen molar-refractivity contribution in [1.29, 1.82) is 0 Å². The third-order valence-electron chi connectivity index (χ3n) is 3.71. The second-order valence-corrected chi connectivity index (χ2v) is 9.54. The minimum Gasteiger partial charge on any atom is -0.326 e. The first-order chi connectivity index (χ1) is 12.9. The Balaban J connectivity index is 1.74. The third kappa shape index (κ3) is 4.57. The van der Waals surface area contributed by atoms with Gasteiger partial charge in [-0.2, -0.15) is 8.42 Å². The summed E-state index contributed by atoms with van der Waals surface area (Å²) in [7, 11) is -3.88. The van der Waals surface area contributed by atoms with E-state index in [1.807, 2.05) is 6.07 Å². The predicted octanol–water partition coefficient (Wildman–Crippen LogP) is 2.79. The Bertz CT molecular complexity index is 957. The maximum absolute atomic E-state index is 12.6. The molecule has 0 saturated carbocycles. The molecule has 7 nitrogen and oxygen atoms in total. The molecule has 142 valence electrons. The Morgan fingerprint density at radius 1 is 1.22 bits per heavy atom. The molecule has 0 spiro atoms. The van der Waals surface area contributed by atoms with Crippen LogP contribution in [0.3, 0.4) is 0 Å². The summed E-state index contributed by atoms with van der Waals surface area (Å²) in [6, 6.07) is 12.0. The van der Waals surface area contributed by atoms with Crippen molar-refractivity contribution in [2.24, 2.45) is 4.40 Å². The lowest BCUT2D eigenvalue weighted by Crippen LogP contribution is -2.33. The molecule has 1 atom stereocenters. The first kappa shape index (κ1) is 19.6. The molecular formula is C17H17N3O4S3. The number of amidine groups is 1. The lowest BCUT2D eigenvalue weighted by Gasteiger charge is -2.13. The van der Waals surface area contributed by atoms with Gasteiger partial charge in [-0.15, -0.1) is 15.7 Å². The molecule has 1 aromatic heterocycles. The number of rotatable bonds is 6. The second kappa shape index (κ2) is 8.24. The second-order valence-electron chi connectivity index (χ2n) is 5.59. The quantitative estimate of drug-likeness (QED) is 0.771. The Morgan fingerprint density at radius 2 is 1.96 bits per heavy atom. The summed E-state index contributed by atoms with van der Waals surface area (Å²) in [4.78, 5) is 26.1. The number of benzene rings is 1. The Morgan fingerprint density at radius 3 is 2.59 bits per heavy atom. The van der Waals surface area contributed by atoms with Crippen LogP contribution in [0.2, 0.25) is 0 Å². The zero-order valence-corrected chi connectivity index (χ0v) is 16.8. The Kier molecular flexibility index (Phi) is 5.98. The number of thiophene rings is 1. The SMILES string of the molecule is CCN1C(=O)[C@@H](CC(=O)Nc2ccccc2)SC1=NS(=O)(=O)c1cccs1. The number of thioether (sulfide) groups is 1. The van der Waals surface area contributed by atoms with Crippen LogP contribution < -0.4 is 5.32 Å². The highest BCUT2D eigenvalue weighted by atomic mass is 32.2. The minimum atomic E-state index is -3.88. The number of hydrogen-bond donors (Lipinski definition) is 1. The number of carbonyl (C=O) groups is 2. The highest BCUT2D eigenvalue weighted by Gasteiger charge is 2.39. The van der Waals surface area contributed by atoms with Gasteiger partial charge in [-0.3, -0.25) is 14.5 Å². The van der Waals surface area contributed by atoms with Crippen molar-refractivity contribution in [3.05, 3.63) is 47.8 Å². The largest absolute Gasteiger partial charge is 0.326 e. The minimum absolute atomic E-state index is 0.0625. The smallest absolute Gasteiger partial charge is 0.294 e. The molecule has 2 heterocycles.